The van der Waals surface area contributed by atoms with Crippen LogP contribution in [0.25, 0.3) is 10.6 Å². The maximum absolute atomic E-state index is 11.6. The van der Waals surface area contributed by atoms with Crippen molar-refractivity contribution in [3.05, 3.63) is 28.8 Å². The molecule has 0 aliphatic rings. The Morgan fingerprint density at radius 2 is 1.95 bits per heavy atom. The molecule has 1 aromatic heterocycles. The third-order valence-electron chi connectivity index (χ3n) is 2.81. The number of aromatic nitrogens is 1. The Kier molecular flexibility index (Phi) is 4.24. The van der Waals surface area contributed by atoms with E-state index in [0.29, 0.717) is 22.2 Å². The highest BCUT2D eigenvalue weighted by atomic mass is 32.1. The molecule has 20 heavy (non-hydrogen) atoms. The lowest BCUT2D eigenvalue weighted by atomic mass is 10.2. The first kappa shape index (κ1) is 14.3. The van der Waals surface area contributed by atoms with E-state index in [2.05, 4.69) is 4.98 Å². The molecule has 0 aliphatic heterocycles. The molecule has 0 fully saturated rings. The number of hydrogen-bond acceptors (Lipinski definition) is 6. The lowest BCUT2D eigenvalue weighted by Gasteiger charge is -2.08. The monoisotopic (exact) mass is 293 g/mol. The highest BCUT2D eigenvalue weighted by molar-refractivity contribution is 7.15. The normalized spacial score (nSPS) is 10.2. The number of benzene rings is 1. The summed E-state index contributed by atoms with van der Waals surface area (Å²) in [4.78, 5) is 16.8. The summed E-state index contributed by atoms with van der Waals surface area (Å²) in [5.74, 6) is 0.916. The second kappa shape index (κ2) is 5.92. The summed E-state index contributed by atoms with van der Waals surface area (Å²) in [6, 6.07) is 5.47. The first-order valence-electron chi connectivity index (χ1n) is 5.88. The minimum absolute atomic E-state index is 0.338. The highest BCUT2D eigenvalue weighted by Crippen LogP contribution is 2.36. The number of esters is 1. The molecule has 0 N–H and O–H groups in total. The smallest absolute Gasteiger partial charge is 0.357 e. The van der Waals surface area contributed by atoms with Crippen molar-refractivity contribution in [2.24, 2.45) is 0 Å². The molecule has 0 amide bonds. The van der Waals surface area contributed by atoms with Gasteiger partial charge in [-0.25, -0.2) is 9.78 Å². The number of methoxy groups -OCH3 is 3. The second-order valence-corrected chi connectivity index (χ2v) is 5.18. The number of carbonyl (C=O) groups is 1. The summed E-state index contributed by atoms with van der Waals surface area (Å²) in [7, 11) is 4.52. The fraction of sp³-hybridized carbons (Fsp3) is 0.286. The van der Waals surface area contributed by atoms with Crippen LogP contribution in [0.5, 0.6) is 11.5 Å². The van der Waals surface area contributed by atoms with Crippen LogP contribution >= 0.6 is 11.3 Å². The van der Waals surface area contributed by atoms with E-state index >= 15 is 0 Å². The van der Waals surface area contributed by atoms with Gasteiger partial charge in [-0.2, -0.15) is 0 Å². The maximum atomic E-state index is 11.6. The van der Waals surface area contributed by atoms with Crippen LogP contribution in [-0.4, -0.2) is 32.3 Å². The Morgan fingerprint density at radius 1 is 1.20 bits per heavy atom. The third-order valence-corrected chi connectivity index (χ3v) is 3.82. The molecule has 106 valence electrons. The third kappa shape index (κ3) is 2.60. The molecule has 0 saturated heterocycles. The Morgan fingerprint density at radius 3 is 2.55 bits per heavy atom. The minimum atomic E-state index is -0.433. The van der Waals surface area contributed by atoms with Crippen molar-refractivity contribution in [2.75, 3.05) is 21.3 Å². The van der Waals surface area contributed by atoms with Crippen molar-refractivity contribution in [3.8, 4) is 22.1 Å². The predicted molar refractivity (Wildman–Crippen MR) is 76.7 cm³/mol. The van der Waals surface area contributed by atoms with Crippen LogP contribution < -0.4 is 9.47 Å². The highest BCUT2D eigenvalue weighted by Gasteiger charge is 2.18. The molecule has 0 bridgehead atoms. The van der Waals surface area contributed by atoms with Crippen LogP contribution in [0.15, 0.2) is 18.2 Å². The molecular weight excluding hydrogens is 278 g/mol. The summed E-state index contributed by atoms with van der Waals surface area (Å²) >= 11 is 1.42. The van der Waals surface area contributed by atoms with Crippen molar-refractivity contribution >= 4 is 17.3 Å². The average Bonchev–Trinajstić information content (AvgIpc) is 2.87. The van der Waals surface area contributed by atoms with Crippen molar-refractivity contribution in [2.45, 2.75) is 6.92 Å². The molecule has 0 aliphatic carbocycles. The maximum Gasteiger partial charge on any atom is 0.357 e. The van der Waals surface area contributed by atoms with Gasteiger partial charge in [-0.3, -0.25) is 0 Å². The Balaban J connectivity index is 2.49. The quantitative estimate of drug-likeness (QED) is 0.811. The van der Waals surface area contributed by atoms with Gasteiger partial charge in [0.15, 0.2) is 5.69 Å². The first-order chi connectivity index (χ1) is 9.60. The number of ether oxygens (including phenoxy) is 3. The van der Waals surface area contributed by atoms with Crippen molar-refractivity contribution in [1.82, 2.24) is 4.98 Å². The van der Waals surface area contributed by atoms with E-state index in [1.165, 1.54) is 18.4 Å². The van der Waals surface area contributed by atoms with E-state index in [1.807, 2.05) is 19.1 Å². The molecule has 2 aromatic rings. The number of thiazole rings is 1. The van der Waals surface area contributed by atoms with E-state index in [1.54, 1.807) is 20.3 Å². The Labute approximate surface area is 121 Å². The molecule has 2 rings (SSSR count). The van der Waals surface area contributed by atoms with Crippen LogP contribution in [0.1, 0.15) is 15.4 Å². The zero-order valence-electron chi connectivity index (χ0n) is 11.7. The summed E-state index contributed by atoms with van der Waals surface area (Å²) in [5, 5.41) is 0.711. The van der Waals surface area contributed by atoms with Gasteiger partial charge in [0.1, 0.15) is 16.5 Å². The van der Waals surface area contributed by atoms with Crippen LogP contribution in [0.3, 0.4) is 0 Å². The number of nitrogens with zero attached hydrogens (tertiary/aromatic N) is 1. The van der Waals surface area contributed by atoms with Gasteiger partial charge in [0.25, 0.3) is 0 Å². The predicted octanol–water partition coefficient (Wildman–Crippen LogP) is 2.92. The first-order valence-corrected chi connectivity index (χ1v) is 6.70. The summed E-state index contributed by atoms with van der Waals surface area (Å²) < 4.78 is 15.2. The molecule has 5 nitrogen and oxygen atoms in total. The molecule has 0 radical (unpaired) electrons. The average molecular weight is 293 g/mol. The van der Waals surface area contributed by atoms with Gasteiger partial charge in [0.05, 0.1) is 26.9 Å². The van der Waals surface area contributed by atoms with Crippen LogP contribution in [-0.2, 0) is 4.74 Å². The van der Waals surface area contributed by atoms with Crippen LogP contribution in [0, 0.1) is 6.92 Å². The molecule has 0 atom stereocenters. The van der Waals surface area contributed by atoms with Gasteiger partial charge in [0.2, 0.25) is 0 Å². The molecular formula is C14H15NO4S. The molecule has 0 unspecified atom stereocenters. The van der Waals surface area contributed by atoms with Gasteiger partial charge in [0, 0.05) is 10.9 Å². The van der Waals surface area contributed by atoms with Crippen molar-refractivity contribution in [3.63, 3.8) is 0 Å². The van der Waals surface area contributed by atoms with Crippen LogP contribution in [0.4, 0.5) is 0 Å². The zero-order chi connectivity index (χ0) is 14.7. The SMILES string of the molecule is COC(=O)c1nc(-c2ccc(OC)cc2OC)sc1C. The van der Waals surface area contributed by atoms with E-state index in [4.69, 9.17) is 14.2 Å². The fourth-order valence-corrected chi connectivity index (χ4v) is 2.70. The summed E-state index contributed by atoms with van der Waals surface area (Å²) in [5.41, 5.74) is 1.15. The summed E-state index contributed by atoms with van der Waals surface area (Å²) in [6.07, 6.45) is 0. The largest absolute Gasteiger partial charge is 0.497 e. The van der Waals surface area contributed by atoms with E-state index in [0.717, 1.165) is 10.4 Å². The lowest BCUT2D eigenvalue weighted by Crippen LogP contribution is -2.03. The molecule has 1 aromatic carbocycles. The second-order valence-electron chi connectivity index (χ2n) is 3.98. The Bertz CT molecular complexity index is 636. The molecule has 1 heterocycles. The number of carbonyl (C=O) groups excluding carboxylic acids is 1. The van der Waals surface area contributed by atoms with Crippen molar-refractivity contribution in [1.29, 1.82) is 0 Å². The van der Waals surface area contributed by atoms with Crippen molar-refractivity contribution < 1.29 is 19.0 Å². The number of aryl methyl sites for hydroxylation is 1. The van der Waals surface area contributed by atoms with E-state index in [9.17, 15) is 4.79 Å². The van der Waals surface area contributed by atoms with Gasteiger partial charge in [-0.1, -0.05) is 0 Å². The minimum Gasteiger partial charge on any atom is -0.497 e. The number of rotatable bonds is 4. The Hall–Kier alpha value is -2.08. The topological polar surface area (TPSA) is 57.7 Å². The standard InChI is InChI=1S/C14H15NO4S/c1-8-12(14(16)19-4)15-13(20-8)10-6-5-9(17-2)7-11(10)18-3/h5-7H,1-4H3. The zero-order valence-corrected chi connectivity index (χ0v) is 12.5. The van der Waals surface area contributed by atoms with E-state index in [-0.39, 0.29) is 0 Å². The van der Waals surface area contributed by atoms with E-state index < -0.39 is 5.97 Å². The van der Waals surface area contributed by atoms with Crippen LogP contribution in [0.2, 0.25) is 0 Å². The molecule has 6 heteroatoms. The molecule has 0 saturated carbocycles. The summed E-state index contributed by atoms with van der Waals surface area (Å²) in [6.45, 7) is 1.84. The molecule has 0 spiro atoms. The van der Waals surface area contributed by atoms with Gasteiger partial charge in [-0.15, -0.1) is 11.3 Å². The number of hydrogen-bond donors (Lipinski definition) is 0. The fourth-order valence-electron chi connectivity index (χ4n) is 1.77. The van der Waals surface area contributed by atoms with Gasteiger partial charge >= 0.3 is 5.97 Å². The lowest BCUT2D eigenvalue weighted by molar-refractivity contribution is 0.0594. The van der Waals surface area contributed by atoms with Gasteiger partial charge < -0.3 is 14.2 Å². The van der Waals surface area contributed by atoms with Gasteiger partial charge in [-0.05, 0) is 19.1 Å².